The van der Waals surface area contributed by atoms with Gasteiger partial charge in [-0.05, 0) is 44.6 Å². The Kier molecular flexibility index (Phi) is 1.50. The van der Waals surface area contributed by atoms with E-state index in [2.05, 4.69) is 4.90 Å². The maximum Gasteiger partial charge on any atom is 0.0278 e. The van der Waals surface area contributed by atoms with Crippen LogP contribution in [0.5, 0.6) is 0 Å². The van der Waals surface area contributed by atoms with Gasteiger partial charge in [-0.15, -0.1) is 0 Å². The minimum Gasteiger partial charge on any atom is -0.326 e. The number of hydrogen-bond donors (Lipinski definition) is 1. The summed E-state index contributed by atoms with van der Waals surface area (Å²) in [6, 6.07) is 2.19. The van der Waals surface area contributed by atoms with Crippen molar-refractivity contribution in [3.05, 3.63) is 0 Å². The fraction of sp³-hybridized carbons (Fsp3) is 1.00. The molecular formula is C10H18N2. The van der Waals surface area contributed by atoms with E-state index in [0.29, 0.717) is 6.04 Å². The van der Waals surface area contributed by atoms with Crippen LogP contribution in [0.25, 0.3) is 0 Å². The molecule has 2 nitrogen and oxygen atoms in total. The van der Waals surface area contributed by atoms with E-state index < -0.39 is 0 Å². The third-order valence-corrected chi connectivity index (χ3v) is 4.17. The lowest BCUT2D eigenvalue weighted by molar-refractivity contribution is 0.0840. The third kappa shape index (κ3) is 0.826. The molecule has 2 N–H and O–H groups in total. The molecule has 0 aromatic heterocycles. The molecule has 0 aromatic rings. The van der Waals surface area contributed by atoms with E-state index in [1.54, 1.807) is 0 Å². The molecule has 5 atom stereocenters. The zero-order chi connectivity index (χ0) is 8.13. The van der Waals surface area contributed by atoms with Crippen LogP contribution in [0.2, 0.25) is 0 Å². The highest BCUT2D eigenvalue weighted by molar-refractivity contribution is 5.04. The van der Waals surface area contributed by atoms with Gasteiger partial charge < -0.3 is 5.73 Å². The van der Waals surface area contributed by atoms with Crippen molar-refractivity contribution in [3.8, 4) is 0 Å². The molecule has 12 heavy (non-hydrogen) atoms. The minimum absolute atomic E-state index is 0.494. The van der Waals surface area contributed by atoms with Gasteiger partial charge >= 0.3 is 0 Å². The molecule has 3 saturated heterocycles. The van der Waals surface area contributed by atoms with E-state index in [-0.39, 0.29) is 0 Å². The van der Waals surface area contributed by atoms with E-state index in [4.69, 9.17) is 5.73 Å². The normalized spacial score (nSPS) is 57.2. The van der Waals surface area contributed by atoms with Crippen molar-refractivity contribution >= 4 is 0 Å². The number of nitrogens with two attached hydrogens (primary N) is 1. The van der Waals surface area contributed by atoms with Gasteiger partial charge in [0.1, 0.15) is 0 Å². The van der Waals surface area contributed by atoms with Crippen LogP contribution in [0, 0.1) is 5.92 Å². The van der Waals surface area contributed by atoms with Crippen molar-refractivity contribution in [2.24, 2.45) is 11.7 Å². The molecule has 1 unspecified atom stereocenters. The summed E-state index contributed by atoms with van der Waals surface area (Å²) >= 11 is 0. The largest absolute Gasteiger partial charge is 0.326 e. The summed E-state index contributed by atoms with van der Waals surface area (Å²) in [5.41, 5.74) is 6.16. The van der Waals surface area contributed by atoms with Crippen LogP contribution in [0.3, 0.4) is 0 Å². The maximum atomic E-state index is 6.16. The van der Waals surface area contributed by atoms with Gasteiger partial charge in [0.05, 0.1) is 0 Å². The quantitative estimate of drug-likeness (QED) is 0.581. The topological polar surface area (TPSA) is 29.3 Å². The Morgan fingerprint density at radius 3 is 2.92 bits per heavy atom. The maximum absolute atomic E-state index is 6.16. The van der Waals surface area contributed by atoms with E-state index in [1.807, 2.05) is 0 Å². The smallest absolute Gasteiger partial charge is 0.0278 e. The molecule has 3 aliphatic heterocycles. The van der Waals surface area contributed by atoms with Gasteiger partial charge in [-0.2, -0.15) is 0 Å². The standard InChI is InChI=1S/C10H18N2/c11-9-4-3-8-6-7-2-1-5-12(8)10(7)9/h7-10H,1-6,11H2/t7-,8-,9-,10-/m0/s1. The van der Waals surface area contributed by atoms with E-state index in [1.165, 1.54) is 38.6 Å². The van der Waals surface area contributed by atoms with Crippen LogP contribution >= 0.6 is 0 Å². The Bertz CT molecular complexity index is 192. The SMILES string of the molecule is N[C@H]1CC[C@H]2C[C@@H]3CCCN2[C@@H]31. The summed E-state index contributed by atoms with van der Waals surface area (Å²) in [6.07, 6.45) is 6.98. The molecule has 0 aromatic carbocycles. The molecule has 0 spiro atoms. The predicted molar refractivity (Wildman–Crippen MR) is 48.8 cm³/mol. The highest BCUT2D eigenvalue weighted by atomic mass is 15.3. The Hall–Kier alpha value is -0.0800. The number of hydrogen-bond acceptors (Lipinski definition) is 2. The predicted octanol–water partition coefficient (Wildman–Crippen LogP) is 0.960. The fourth-order valence-electron chi connectivity index (χ4n) is 3.73. The number of nitrogens with zero attached hydrogens (tertiary/aromatic N) is 1. The lowest BCUT2D eigenvalue weighted by Gasteiger charge is -2.42. The summed E-state index contributed by atoms with van der Waals surface area (Å²) in [6.45, 7) is 1.33. The van der Waals surface area contributed by atoms with Gasteiger partial charge in [-0.25, -0.2) is 0 Å². The first-order valence-electron chi connectivity index (χ1n) is 5.37. The fourth-order valence-corrected chi connectivity index (χ4v) is 3.73. The van der Waals surface area contributed by atoms with Gasteiger partial charge in [0.2, 0.25) is 0 Å². The van der Waals surface area contributed by atoms with Crippen molar-refractivity contribution in [3.63, 3.8) is 0 Å². The second kappa shape index (κ2) is 2.46. The Labute approximate surface area is 74.1 Å². The Balaban J connectivity index is 1.92. The van der Waals surface area contributed by atoms with Crippen molar-refractivity contribution in [1.82, 2.24) is 4.90 Å². The first-order chi connectivity index (χ1) is 5.86. The first kappa shape index (κ1) is 7.34. The molecule has 0 saturated carbocycles. The summed E-state index contributed by atoms with van der Waals surface area (Å²) in [4.78, 5) is 2.71. The summed E-state index contributed by atoms with van der Waals surface area (Å²) < 4.78 is 0. The highest BCUT2D eigenvalue weighted by Crippen LogP contribution is 2.44. The van der Waals surface area contributed by atoms with Crippen LogP contribution in [-0.2, 0) is 0 Å². The molecule has 3 aliphatic rings. The summed E-state index contributed by atoms with van der Waals surface area (Å²) in [7, 11) is 0. The van der Waals surface area contributed by atoms with Crippen molar-refractivity contribution in [2.45, 2.75) is 50.2 Å². The van der Waals surface area contributed by atoms with Gasteiger partial charge in [0.25, 0.3) is 0 Å². The van der Waals surface area contributed by atoms with Crippen molar-refractivity contribution in [1.29, 1.82) is 0 Å². The third-order valence-electron chi connectivity index (χ3n) is 4.17. The van der Waals surface area contributed by atoms with Crippen molar-refractivity contribution in [2.75, 3.05) is 6.54 Å². The molecule has 68 valence electrons. The Morgan fingerprint density at radius 2 is 2.08 bits per heavy atom. The lowest BCUT2D eigenvalue weighted by atomic mass is 9.87. The Morgan fingerprint density at radius 1 is 1.17 bits per heavy atom. The van der Waals surface area contributed by atoms with Crippen molar-refractivity contribution < 1.29 is 0 Å². The molecule has 0 radical (unpaired) electrons. The van der Waals surface area contributed by atoms with Crippen LogP contribution in [-0.4, -0.2) is 29.6 Å². The van der Waals surface area contributed by atoms with Gasteiger partial charge in [-0.1, -0.05) is 0 Å². The molecule has 0 amide bonds. The molecule has 3 rings (SSSR count). The molecule has 3 fully saturated rings. The molecule has 0 aliphatic carbocycles. The van der Waals surface area contributed by atoms with E-state index in [9.17, 15) is 0 Å². The van der Waals surface area contributed by atoms with E-state index in [0.717, 1.165) is 18.0 Å². The monoisotopic (exact) mass is 166 g/mol. The average molecular weight is 166 g/mol. The minimum atomic E-state index is 0.494. The molecular weight excluding hydrogens is 148 g/mol. The van der Waals surface area contributed by atoms with Crippen LogP contribution < -0.4 is 5.73 Å². The molecule has 3 heterocycles. The summed E-state index contributed by atoms with van der Waals surface area (Å²) in [5.74, 6) is 0.959. The first-order valence-corrected chi connectivity index (χ1v) is 5.37. The zero-order valence-electron chi connectivity index (χ0n) is 7.58. The van der Waals surface area contributed by atoms with Gasteiger partial charge in [0, 0.05) is 18.1 Å². The van der Waals surface area contributed by atoms with Gasteiger partial charge in [-0.3, -0.25) is 4.90 Å². The molecule has 4 bridgehead atoms. The number of rotatable bonds is 0. The highest BCUT2D eigenvalue weighted by Gasteiger charge is 2.48. The van der Waals surface area contributed by atoms with E-state index >= 15 is 0 Å². The zero-order valence-corrected chi connectivity index (χ0v) is 7.58. The van der Waals surface area contributed by atoms with Crippen LogP contribution in [0.15, 0.2) is 0 Å². The second-order valence-electron chi connectivity index (χ2n) is 4.76. The van der Waals surface area contributed by atoms with Crippen LogP contribution in [0.1, 0.15) is 32.1 Å². The van der Waals surface area contributed by atoms with Gasteiger partial charge in [0.15, 0.2) is 0 Å². The lowest BCUT2D eigenvalue weighted by Crippen LogP contribution is -2.54. The number of piperidine rings is 2. The molecule has 2 heteroatoms. The average Bonchev–Trinajstić information content (AvgIpc) is 2.24. The summed E-state index contributed by atoms with van der Waals surface area (Å²) in [5, 5.41) is 0. The second-order valence-corrected chi connectivity index (χ2v) is 4.76. The van der Waals surface area contributed by atoms with Crippen LogP contribution in [0.4, 0.5) is 0 Å².